The molecule has 0 aromatic heterocycles. The molecule has 1 aromatic carbocycles. The van der Waals surface area contributed by atoms with E-state index in [1.165, 1.54) is 18.4 Å². The van der Waals surface area contributed by atoms with Crippen LogP contribution in [-0.4, -0.2) is 44.8 Å². The Morgan fingerprint density at radius 2 is 1.90 bits per heavy atom. The Labute approximate surface area is 135 Å². The van der Waals surface area contributed by atoms with Crippen molar-refractivity contribution >= 4 is 15.9 Å². The summed E-state index contributed by atoms with van der Waals surface area (Å²) in [5, 5.41) is 3.51. The van der Waals surface area contributed by atoms with Crippen molar-refractivity contribution in [3.05, 3.63) is 22.2 Å². The van der Waals surface area contributed by atoms with Crippen LogP contribution in [0.4, 0.5) is 0 Å². The molecule has 5 heteroatoms. The number of rotatable bonds is 9. The third-order valence-electron chi connectivity index (χ3n) is 3.91. The Morgan fingerprint density at radius 3 is 2.48 bits per heavy atom. The minimum absolute atomic E-state index is 0.749. The highest BCUT2D eigenvalue weighted by Gasteiger charge is 2.26. The Morgan fingerprint density at radius 1 is 1.24 bits per heavy atom. The van der Waals surface area contributed by atoms with Crippen LogP contribution in [0.3, 0.4) is 0 Å². The first kappa shape index (κ1) is 16.6. The molecule has 0 amide bonds. The average Bonchev–Trinajstić information content (AvgIpc) is 3.33. The summed E-state index contributed by atoms with van der Waals surface area (Å²) in [6.45, 7) is 6.33. The van der Waals surface area contributed by atoms with E-state index in [9.17, 15) is 0 Å². The van der Waals surface area contributed by atoms with Crippen molar-refractivity contribution < 1.29 is 9.47 Å². The number of nitrogens with zero attached hydrogens (tertiary/aromatic N) is 1. The molecular weight excluding hydrogens is 332 g/mol. The molecule has 0 spiro atoms. The van der Waals surface area contributed by atoms with E-state index in [0.717, 1.165) is 48.2 Å². The number of ether oxygens (including phenoxy) is 2. The number of nitrogens with one attached hydrogen (secondary N) is 1. The molecule has 1 saturated carbocycles. The molecule has 4 nitrogen and oxygen atoms in total. The van der Waals surface area contributed by atoms with Crippen LogP contribution in [0.15, 0.2) is 16.6 Å². The van der Waals surface area contributed by atoms with E-state index < -0.39 is 0 Å². The van der Waals surface area contributed by atoms with Crippen LogP contribution < -0.4 is 14.8 Å². The van der Waals surface area contributed by atoms with Gasteiger partial charge in [-0.3, -0.25) is 4.90 Å². The zero-order valence-electron chi connectivity index (χ0n) is 13.1. The number of halogens is 1. The van der Waals surface area contributed by atoms with E-state index in [4.69, 9.17) is 9.47 Å². The van der Waals surface area contributed by atoms with Crippen LogP contribution >= 0.6 is 15.9 Å². The zero-order valence-corrected chi connectivity index (χ0v) is 14.7. The Bertz CT molecular complexity index is 464. The van der Waals surface area contributed by atoms with Gasteiger partial charge in [0.1, 0.15) is 0 Å². The third-order valence-corrected chi connectivity index (χ3v) is 4.65. The Kier molecular flexibility index (Phi) is 6.33. The number of likely N-dealkylation sites (N-methyl/N-ethyl adjacent to an activating group) is 1. The Hall–Kier alpha value is -0.780. The summed E-state index contributed by atoms with van der Waals surface area (Å²) in [5.74, 6) is 1.52. The minimum atomic E-state index is 0.749. The minimum Gasteiger partial charge on any atom is -0.493 e. The third kappa shape index (κ3) is 4.59. The number of benzene rings is 1. The first-order valence-corrected chi connectivity index (χ1v) is 8.34. The van der Waals surface area contributed by atoms with E-state index in [2.05, 4.69) is 33.1 Å². The van der Waals surface area contributed by atoms with Crippen molar-refractivity contribution in [3.8, 4) is 11.5 Å². The molecule has 0 radical (unpaired) electrons. The van der Waals surface area contributed by atoms with Crippen LogP contribution in [-0.2, 0) is 6.54 Å². The average molecular weight is 357 g/mol. The van der Waals surface area contributed by atoms with Crippen molar-refractivity contribution in [3.63, 3.8) is 0 Å². The van der Waals surface area contributed by atoms with Gasteiger partial charge in [0.15, 0.2) is 11.5 Å². The Balaban J connectivity index is 1.84. The molecule has 1 aliphatic rings. The normalized spacial score (nSPS) is 14.5. The lowest BCUT2D eigenvalue weighted by atomic mass is 10.2. The van der Waals surface area contributed by atoms with Gasteiger partial charge < -0.3 is 14.8 Å². The monoisotopic (exact) mass is 356 g/mol. The highest BCUT2D eigenvalue weighted by molar-refractivity contribution is 9.10. The highest BCUT2D eigenvalue weighted by Crippen LogP contribution is 2.33. The van der Waals surface area contributed by atoms with E-state index >= 15 is 0 Å². The summed E-state index contributed by atoms with van der Waals surface area (Å²) in [5.41, 5.74) is 1.18. The SMILES string of the molecule is CCN(CCNCc1cc(OC)c(OC)cc1Br)C1CC1. The maximum atomic E-state index is 5.35. The van der Waals surface area contributed by atoms with Gasteiger partial charge in [-0.1, -0.05) is 22.9 Å². The standard InChI is InChI=1S/C16H25BrN2O2/c1-4-19(13-5-6-13)8-7-18-11-12-9-15(20-2)16(21-3)10-14(12)17/h9-10,13,18H,4-8,11H2,1-3H3. The molecule has 1 aliphatic carbocycles. The molecule has 2 rings (SSSR count). The number of hydrogen-bond acceptors (Lipinski definition) is 4. The first-order chi connectivity index (χ1) is 10.2. The smallest absolute Gasteiger partial charge is 0.161 e. The zero-order chi connectivity index (χ0) is 15.2. The lowest BCUT2D eigenvalue weighted by molar-refractivity contribution is 0.277. The van der Waals surface area contributed by atoms with Crippen LogP contribution in [0.2, 0.25) is 0 Å². The van der Waals surface area contributed by atoms with Crippen molar-refractivity contribution in [1.82, 2.24) is 10.2 Å². The van der Waals surface area contributed by atoms with E-state index in [1.54, 1.807) is 14.2 Å². The summed E-state index contributed by atoms with van der Waals surface area (Å²) in [4.78, 5) is 2.55. The van der Waals surface area contributed by atoms with E-state index in [1.807, 2.05) is 12.1 Å². The highest BCUT2D eigenvalue weighted by atomic mass is 79.9. The van der Waals surface area contributed by atoms with Gasteiger partial charge in [-0.2, -0.15) is 0 Å². The van der Waals surface area contributed by atoms with Gasteiger partial charge in [0.25, 0.3) is 0 Å². The molecule has 1 aromatic rings. The van der Waals surface area contributed by atoms with Crippen molar-refractivity contribution in [2.45, 2.75) is 32.4 Å². The second-order valence-corrected chi connectivity index (χ2v) is 6.19. The van der Waals surface area contributed by atoms with Crippen LogP contribution in [0.25, 0.3) is 0 Å². The summed E-state index contributed by atoms with van der Waals surface area (Å²) >= 11 is 3.59. The second-order valence-electron chi connectivity index (χ2n) is 5.34. The topological polar surface area (TPSA) is 33.7 Å². The summed E-state index contributed by atoms with van der Waals surface area (Å²) in [7, 11) is 3.32. The number of hydrogen-bond donors (Lipinski definition) is 1. The lowest BCUT2D eigenvalue weighted by Crippen LogP contribution is -2.33. The van der Waals surface area contributed by atoms with Gasteiger partial charge in [0.2, 0.25) is 0 Å². The molecule has 0 aliphatic heterocycles. The molecule has 0 saturated heterocycles. The summed E-state index contributed by atoms with van der Waals surface area (Å²) < 4.78 is 11.7. The van der Waals surface area contributed by atoms with Gasteiger partial charge in [0, 0.05) is 30.1 Å². The van der Waals surface area contributed by atoms with Crippen molar-refractivity contribution in [2.75, 3.05) is 33.9 Å². The van der Waals surface area contributed by atoms with Gasteiger partial charge in [-0.15, -0.1) is 0 Å². The van der Waals surface area contributed by atoms with Crippen molar-refractivity contribution in [1.29, 1.82) is 0 Å². The van der Waals surface area contributed by atoms with Crippen LogP contribution in [0, 0.1) is 0 Å². The predicted molar refractivity (Wildman–Crippen MR) is 89.2 cm³/mol. The first-order valence-electron chi connectivity index (χ1n) is 7.54. The largest absolute Gasteiger partial charge is 0.493 e. The lowest BCUT2D eigenvalue weighted by Gasteiger charge is -2.20. The predicted octanol–water partition coefficient (Wildman–Crippen LogP) is 3.04. The van der Waals surface area contributed by atoms with Gasteiger partial charge >= 0.3 is 0 Å². The fourth-order valence-corrected chi connectivity index (χ4v) is 2.98. The van der Waals surface area contributed by atoms with Crippen LogP contribution in [0.5, 0.6) is 11.5 Å². The van der Waals surface area contributed by atoms with Gasteiger partial charge in [0.05, 0.1) is 14.2 Å². The molecule has 0 bridgehead atoms. The van der Waals surface area contributed by atoms with Gasteiger partial charge in [-0.25, -0.2) is 0 Å². The fraction of sp³-hybridized carbons (Fsp3) is 0.625. The van der Waals surface area contributed by atoms with E-state index in [0.29, 0.717) is 0 Å². The number of methoxy groups -OCH3 is 2. The van der Waals surface area contributed by atoms with E-state index in [-0.39, 0.29) is 0 Å². The molecule has 0 unspecified atom stereocenters. The van der Waals surface area contributed by atoms with Gasteiger partial charge in [-0.05, 0) is 37.1 Å². The maximum absolute atomic E-state index is 5.35. The molecule has 0 atom stereocenters. The maximum Gasteiger partial charge on any atom is 0.161 e. The second kappa shape index (κ2) is 8.01. The molecule has 1 N–H and O–H groups in total. The van der Waals surface area contributed by atoms with Crippen LogP contribution in [0.1, 0.15) is 25.3 Å². The molecule has 0 heterocycles. The molecule has 118 valence electrons. The molecular formula is C16H25BrN2O2. The van der Waals surface area contributed by atoms with Crippen molar-refractivity contribution in [2.24, 2.45) is 0 Å². The molecule has 21 heavy (non-hydrogen) atoms. The summed E-state index contributed by atoms with van der Waals surface area (Å²) in [6.07, 6.45) is 2.74. The fourth-order valence-electron chi connectivity index (χ4n) is 2.52. The molecule has 1 fully saturated rings. The summed E-state index contributed by atoms with van der Waals surface area (Å²) in [6, 6.07) is 4.82. The quantitative estimate of drug-likeness (QED) is 0.689.